The van der Waals surface area contributed by atoms with Gasteiger partial charge >= 0.3 is 36.4 Å². The van der Waals surface area contributed by atoms with Gasteiger partial charge in [-0.25, -0.2) is 14.4 Å². The third-order valence-electron chi connectivity index (χ3n) is 4.97. The van der Waals surface area contributed by atoms with Crippen molar-refractivity contribution in [3.8, 4) is 0 Å². The molecule has 1 aromatic heterocycles. The van der Waals surface area contributed by atoms with Gasteiger partial charge in [-0.2, -0.15) is 39.5 Å². The second kappa shape index (κ2) is 16.7. The Morgan fingerprint density at radius 3 is 1.80 bits per heavy atom. The second-order valence-electron chi connectivity index (χ2n) is 8.13. The van der Waals surface area contributed by atoms with Gasteiger partial charge in [0.15, 0.2) is 0 Å². The zero-order valence-corrected chi connectivity index (χ0v) is 20.9. The maximum Gasteiger partial charge on any atom is 0.490 e. The molecule has 3 rings (SSSR count). The molecule has 41 heavy (non-hydrogen) atoms. The van der Waals surface area contributed by atoms with Crippen LogP contribution in [0.15, 0.2) is 37.2 Å². The van der Waals surface area contributed by atoms with Crippen LogP contribution < -0.4 is 0 Å². The molecule has 19 heteroatoms. The maximum absolute atomic E-state index is 10.6. The van der Waals surface area contributed by atoms with Gasteiger partial charge in [0.25, 0.3) is 0 Å². The molecule has 0 spiro atoms. The van der Waals surface area contributed by atoms with E-state index in [2.05, 4.69) is 27.4 Å². The van der Waals surface area contributed by atoms with E-state index in [1.807, 2.05) is 24.5 Å². The summed E-state index contributed by atoms with van der Waals surface area (Å²) in [7, 11) is 0. The van der Waals surface area contributed by atoms with Crippen molar-refractivity contribution in [2.24, 2.45) is 0 Å². The van der Waals surface area contributed by atoms with Crippen LogP contribution in [0.3, 0.4) is 0 Å². The van der Waals surface area contributed by atoms with E-state index in [9.17, 15) is 39.5 Å². The highest BCUT2D eigenvalue weighted by molar-refractivity contribution is 5.73. The fraction of sp³-hybridized carbons (Fsp3) is 0.545. The number of rotatable bonds is 5. The largest absolute Gasteiger partial charge is 0.490 e. The Labute approximate surface area is 226 Å². The quantitative estimate of drug-likeness (QED) is 0.333. The number of carbonyl (C=O) groups is 3. The fourth-order valence-corrected chi connectivity index (χ4v) is 3.28. The number of aromatic nitrogens is 1. The van der Waals surface area contributed by atoms with Gasteiger partial charge in [-0.3, -0.25) is 14.8 Å². The first-order valence-electron chi connectivity index (χ1n) is 11.2. The molecule has 2 atom stereocenters. The van der Waals surface area contributed by atoms with Crippen LogP contribution in [-0.2, 0) is 25.7 Å². The third kappa shape index (κ3) is 16.4. The lowest BCUT2D eigenvalue weighted by atomic mass is 10.1. The molecule has 2 aliphatic heterocycles. The van der Waals surface area contributed by atoms with Crippen molar-refractivity contribution in [1.29, 1.82) is 0 Å². The van der Waals surface area contributed by atoms with Gasteiger partial charge in [0, 0.05) is 51.2 Å². The van der Waals surface area contributed by atoms with Crippen molar-refractivity contribution in [3.63, 3.8) is 0 Å². The van der Waals surface area contributed by atoms with Gasteiger partial charge in [-0.05, 0) is 18.1 Å². The topological polar surface area (TPSA) is 140 Å². The molecule has 0 radical (unpaired) electrons. The van der Waals surface area contributed by atoms with Gasteiger partial charge in [-0.15, -0.1) is 6.58 Å². The lowest BCUT2D eigenvalue weighted by molar-refractivity contribution is -0.193. The number of aliphatic carboxylic acids is 3. The highest BCUT2D eigenvalue weighted by Gasteiger charge is 2.39. The van der Waals surface area contributed by atoms with Gasteiger partial charge in [-0.1, -0.05) is 12.1 Å². The summed E-state index contributed by atoms with van der Waals surface area (Å²) in [5.74, 6) is -8.27. The van der Waals surface area contributed by atoms with E-state index in [0.29, 0.717) is 18.8 Å². The van der Waals surface area contributed by atoms with Gasteiger partial charge in [0.05, 0.1) is 12.7 Å². The van der Waals surface area contributed by atoms with E-state index in [4.69, 9.17) is 34.4 Å². The number of piperazine rings is 1. The minimum atomic E-state index is -5.08. The van der Waals surface area contributed by atoms with Gasteiger partial charge in [0.2, 0.25) is 0 Å². The number of alkyl halides is 9. The van der Waals surface area contributed by atoms with E-state index in [0.717, 1.165) is 39.1 Å². The Kier molecular flexibility index (Phi) is 15.3. The van der Waals surface area contributed by atoms with E-state index in [1.165, 1.54) is 5.56 Å². The lowest BCUT2D eigenvalue weighted by Gasteiger charge is -2.37. The summed E-state index contributed by atoms with van der Waals surface area (Å²) in [6, 6.07) is 4.82. The van der Waals surface area contributed by atoms with Crippen molar-refractivity contribution in [3.05, 3.63) is 42.7 Å². The summed E-state index contributed by atoms with van der Waals surface area (Å²) in [6.07, 6.45) is -8.07. The first-order chi connectivity index (χ1) is 18.7. The van der Waals surface area contributed by atoms with Gasteiger partial charge in [0.1, 0.15) is 0 Å². The summed E-state index contributed by atoms with van der Waals surface area (Å²) >= 11 is 0. The monoisotopic (exact) mass is 615 g/mol. The minimum Gasteiger partial charge on any atom is -0.475 e. The first-order valence-corrected chi connectivity index (χ1v) is 11.2. The van der Waals surface area contributed by atoms with Crippen molar-refractivity contribution >= 4 is 17.9 Å². The van der Waals surface area contributed by atoms with E-state index in [-0.39, 0.29) is 0 Å². The molecule has 2 aliphatic rings. The number of fused-ring (bicyclic) bond motifs is 1. The number of pyridine rings is 1. The predicted octanol–water partition coefficient (Wildman–Crippen LogP) is 3.44. The Morgan fingerprint density at radius 2 is 1.41 bits per heavy atom. The fourth-order valence-electron chi connectivity index (χ4n) is 3.28. The molecular weight excluding hydrogens is 589 g/mol. The van der Waals surface area contributed by atoms with Crippen LogP contribution in [0.1, 0.15) is 12.0 Å². The smallest absolute Gasteiger partial charge is 0.475 e. The van der Waals surface area contributed by atoms with Crippen LogP contribution in [0.25, 0.3) is 0 Å². The standard InChI is InChI=1S/C16H23N3O.3C2HF3O2/c1-2-8-20-16-9-15-12-18(6-7-19(15)13-16)11-14-4-3-5-17-10-14;3*3-2(4,5)1(6)7/h2-5,10,15-16H,1,6-9,11-13H2;3*(H,6,7). The van der Waals surface area contributed by atoms with Crippen LogP contribution in [0.2, 0.25) is 0 Å². The molecule has 3 N–H and O–H groups in total. The van der Waals surface area contributed by atoms with E-state index < -0.39 is 36.4 Å². The number of carboxylic acids is 3. The van der Waals surface area contributed by atoms with Crippen LogP contribution in [-0.4, -0.2) is 111 Å². The van der Waals surface area contributed by atoms with Gasteiger partial charge < -0.3 is 20.1 Å². The second-order valence-corrected chi connectivity index (χ2v) is 8.13. The molecule has 0 aliphatic carbocycles. The average molecular weight is 615 g/mol. The number of halogens is 9. The first kappa shape index (κ1) is 37.6. The molecule has 10 nitrogen and oxygen atoms in total. The molecule has 0 saturated carbocycles. The highest BCUT2D eigenvalue weighted by Crippen LogP contribution is 2.25. The van der Waals surface area contributed by atoms with Crippen LogP contribution in [0, 0.1) is 0 Å². The third-order valence-corrected chi connectivity index (χ3v) is 4.97. The molecule has 0 amide bonds. The highest BCUT2D eigenvalue weighted by atomic mass is 19.4. The Balaban J connectivity index is 0.000000631. The molecule has 1 aromatic rings. The maximum atomic E-state index is 10.6. The number of hydrogen-bond acceptors (Lipinski definition) is 7. The summed E-state index contributed by atoms with van der Waals surface area (Å²) < 4.78 is 101. The molecule has 3 heterocycles. The van der Waals surface area contributed by atoms with Crippen molar-refractivity contribution < 1.29 is 74.0 Å². The summed E-state index contributed by atoms with van der Waals surface area (Å²) in [6.45, 7) is 9.91. The average Bonchev–Trinajstić information content (AvgIpc) is 3.25. The number of carboxylic acid groups (broad SMARTS) is 3. The Morgan fingerprint density at radius 1 is 0.927 bits per heavy atom. The van der Waals surface area contributed by atoms with E-state index >= 15 is 0 Å². The Hall–Kier alpha value is -3.45. The molecule has 2 saturated heterocycles. The van der Waals surface area contributed by atoms with Crippen LogP contribution >= 0.6 is 0 Å². The summed E-state index contributed by atoms with van der Waals surface area (Å²) in [4.78, 5) is 36.0. The molecule has 234 valence electrons. The minimum absolute atomic E-state index is 0.386. The van der Waals surface area contributed by atoms with Crippen molar-refractivity contribution in [2.75, 3.05) is 32.8 Å². The zero-order chi connectivity index (χ0) is 32.0. The van der Waals surface area contributed by atoms with Crippen molar-refractivity contribution in [2.45, 2.75) is 43.6 Å². The number of hydrogen-bond donors (Lipinski definition) is 3. The lowest BCUT2D eigenvalue weighted by Crippen LogP contribution is -2.49. The van der Waals surface area contributed by atoms with E-state index in [1.54, 1.807) is 0 Å². The summed E-state index contributed by atoms with van der Waals surface area (Å²) in [5, 5.41) is 21.4. The number of nitrogens with zero attached hydrogens (tertiary/aromatic N) is 3. The Bertz CT molecular complexity index is 917. The molecule has 2 fully saturated rings. The molecule has 2 unspecified atom stereocenters. The van der Waals surface area contributed by atoms with Crippen LogP contribution in [0.5, 0.6) is 0 Å². The molecule has 0 aromatic carbocycles. The molecular formula is C22H26F9N3O7. The normalized spacial score (nSPS) is 19.1. The predicted molar refractivity (Wildman–Crippen MR) is 121 cm³/mol. The zero-order valence-electron chi connectivity index (χ0n) is 20.9. The van der Waals surface area contributed by atoms with Crippen molar-refractivity contribution in [1.82, 2.24) is 14.8 Å². The summed E-state index contributed by atoms with van der Waals surface area (Å²) in [5.41, 5.74) is 1.30. The number of ether oxygens (including phenoxy) is 1. The SMILES string of the molecule is C=CCOC1CC2CN(Cc3cccnc3)CCN2C1.O=C(O)C(F)(F)F.O=C(O)C(F)(F)F.O=C(O)C(F)(F)F. The van der Waals surface area contributed by atoms with Crippen LogP contribution in [0.4, 0.5) is 39.5 Å². The molecule has 0 bridgehead atoms.